The lowest BCUT2D eigenvalue weighted by Gasteiger charge is -2.45. The number of nitrogens with zero attached hydrogens (tertiary/aromatic N) is 3. The molecule has 8 nitrogen and oxygen atoms in total. The molecule has 1 fully saturated rings. The van der Waals surface area contributed by atoms with E-state index in [9.17, 15) is 18.4 Å². The van der Waals surface area contributed by atoms with E-state index in [1.54, 1.807) is 0 Å². The molecule has 3 N–H and O–H groups in total. The third-order valence-corrected chi connectivity index (χ3v) is 6.28. The monoisotopic (exact) mass is 491 g/mol. The number of benzene rings is 2. The molecule has 1 spiro atoms. The van der Waals surface area contributed by atoms with E-state index in [4.69, 9.17) is 22.1 Å². The standard InChI is InChI=1S/C22H17ClF3N5O3/c23-13-3-5-15-17(18(13)26)22(34-21(33)29-15)6-1-7-30(10-22)20(32)12-9-28-31(19(12)27)16-8-11(24)2-4-14(16)25/h2-5,8-9H,1,6-7,10,27H2,(H,29,33)/t22-/m0/s1. The predicted molar refractivity (Wildman–Crippen MR) is 116 cm³/mol. The molecular formula is C22H17ClF3N5O3. The molecule has 3 aromatic rings. The SMILES string of the molecule is Nc1c(C(=O)N2CCC[C@@]3(C2)OC(=O)Nc2ccc(Cl)c(F)c23)cnn1-c1cc(F)ccc1F. The molecule has 0 aliphatic carbocycles. The van der Waals surface area contributed by atoms with Crippen molar-refractivity contribution in [3.05, 3.63) is 70.1 Å². The number of nitrogens with one attached hydrogen (secondary N) is 1. The number of likely N-dealkylation sites (tertiary alicyclic amines) is 1. The van der Waals surface area contributed by atoms with E-state index in [0.29, 0.717) is 6.42 Å². The first-order valence-corrected chi connectivity index (χ1v) is 10.6. The maximum atomic E-state index is 15.1. The van der Waals surface area contributed by atoms with Gasteiger partial charge >= 0.3 is 6.09 Å². The molecule has 0 bridgehead atoms. The number of piperidine rings is 1. The number of ether oxygens (including phenoxy) is 1. The smallest absolute Gasteiger partial charge is 0.412 e. The Morgan fingerprint density at radius 2 is 2.03 bits per heavy atom. The molecule has 1 atom stereocenters. The topological polar surface area (TPSA) is 102 Å². The summed E-state index contributed by atoms with van der Waals surface area (Å²) in [5, 5.41) is 6.25. The van der Waals surface area contributed by atoms with Crippen LogP contribution in [0.5, 0.6) is 0 Å². The quantitative estimate of drug-likeness (QED) is 0.559. The van der Waals surface area contributed by atoms with E-state index in [1.165, 1.54) is 17.0 Å². The number of hydrogen-bond donors (Lipinski definition) is 2. The lowest BCUT2D eigenvalue weighted by molar-refractivity contribution is -0.0418. The highest BCUT2D eigenvalue weighted by Gasteiger charge is 2.48. The first kappa shape index (κ1) is 22.1. The Balaban J connectivity index is 1.50. The summed E-state index contributed by atoms with van der Waals surface area (Å²) >= 11 is 5.98. The Kier molecular flexibility index (Phi) is 5.16. The lowest BCUT2D eigenvalue weighted by atomic mass is 9.83. The van der Waals surface area contributed by atoms with Gasteiger partial charge in [-0.25, -0.2) is 22.6 Å². The van der Waals surface area contributed by atoms with Crippen molar-refractivity contribution in [3.63, 3.8) is 0 Å². The Morgan fingerprint density at radius 3 is 2.82 bits per heavy atom. The number of fused-ring (bicyclic) bond motifs is 2. The van der Waals surface area contributed by atoms with Gasteiger partial charge in [-0.15, -0.1) is 0 Å². The van der Waals surface area contributed by atoms with Gasteiger partial charge in [-0.05, 0) is 37.1 Å². The van der Waals surface area contributed by atoms with Crippen molar-refractivity contribution in [3.8, 4) is 5.69 Å². The maximum absolute atomic E-state index is 15.1. The molecule has 1 saturated heterocycles. The third kappa shape index (κ3) is 3.43. The Labute approximate surface area is 196 Å². The van der Waals surface area contributed by atoms with Gasteiger partial charge in [0, 0.05) is 12.6 Å². The normalized spacial score (nSPS) is 19.5. The fourth-order valence-electron chi connectivity index (χ4n) is 4.48. The van der Waals surface area contributed by atoms with Crippen LogP contribution in [0.4, 0.5) is 29.5 Å². The van der Waals surface area contributed by atoms with E-state index in [0.717, 1.165) is 29.1 Å². The molecular weight excluding hydrogens is 475 g/mol. The molecule has 5 rings (SSSR count). The fraction of sp³-hybridized carbons (Fsp3) is 0.227. The van der Waals surface area contributed by atoms with Crippen molar-refractivity contribution in [2.24, 2.45) is 0 Å². The molecule has 0 unspecified atom stereocenters. The van der Waals surface area contributed by atoms with Crippen molar-refractivity contribution in [2.45, 2.75) is 18.4 Å². The van der Waals surface area contributed by atoms with Crippen LogP contribution in [0.1, 0.15) is 28.8 Å². The molecule has 0 saturated carbocycles. The average molecular weight is 492 g/mol. The number of amides is 2. The first-order chi connectivity index (χ1) is 16.2. The number of halogens is 4. The summed E-state index contributed by atoms with van der Waals surface area (Å²) in [6.45, 7) is 0.102. The zero-order chi connectivity index (χ0) is 24.2. The number of rotatable bonds is 2. The minimum Gasteiger partial charge on any atom is -0.436 e. The summed E-state index contributed by atoms with van der Waals surface area (Å²) in [7, 11) is 0. The van der Waals surface area contributed by atoms with E-state index in [-0.39, 0.29) is 52.9 Å². The predicted octanol–water partition coefficient (Wildman–Crippen LogP) is 4.22. The van der Waals surface area contributed by atoms with Crippen molar-refractivity contribution < 1.29 is 27.5 Å². The van der Waals surface area contributed by atoms with E-state index < -0.39 is 35.1 Å². The van der Waals surface area contributed by atoms with Gasteiger partial charge in [0.05, 0.1) is 29.0 Å². The number of aromatic nitrogens is 2. The van der Waals surface area contributed by atoms with Gasteiger partial charge in [-0.3, -0.25) is 10.1 Å². The summed E-state index contributed by atoms with van der Waals surface area (Å²) < 4.78 is 49.3. The van der Waals surface area contributed by atoms with Crippen LogP contribution >= 0.6 is 11.6 Å². The van der Waals surface area contributed by atoms with E-state index >= 15 is 4.39 Å². The number of anilines is 2. The van der Waals surface area contributed by atoms with Gasteiger partial charge in [-0.2, -0.15) is 5.10 Å². The van der Waals surface area contributed by atoms with Crippen LogP contribution in [0, 0.1) is 17.5 Å². The zero-order valence-electron chi connectivity index (χ0n) is 17.4. The molecule has 2 amide bonds. The number of hydrogen-bond acceptors (Lipinski definition) is 5. The highest BCUT2D eigenvalue weighted by molar-refractivity contribution is 6.31. The molecule has 3 heterocycles. The Hall–Kier alpha value is -3.73. The number of carbonyl (C=O) groups is 2. The van der Waals surface area contributed by atoms with Gasteiger partial charge in [0.15, 0.2) is 11.4 Å². The second-order valence-corrected chi connectivity index (χ2v) is 8.48. The van der Waals surface area contributed by atoms with Crippen LogP contribution in [0.3, 0.4) is 0 Å². The second kappa shape index (κ2) is 7.94. The van der Waals surface area contributed by atoms with Gasteiger partial charge in [0.2, 0.25) is 0 Å². The van der Waals surface area contributed by atoms with E-state index in [2.05, 4.69) is 10.4 Å². The van der Waals surface area contributed by atoms with Crippen molar-refractivity contribution >= 4 is 35.1 Å². The third-order valence-electron chi connectivity index (χ3n) is 5.99. The van der Waals surface area contributed by atoms with Crippen LogP contribution in [-0.2, 0) is 10.3 Å². The molecule has 34 heavy (non-hydrogen) atoms. The Morgan fingerprint density at radius 1 is 1.24 bits per heavy atom. The lowest BCUT2D eigenvalue weighted by Crippen LogP contribution is -2.53. The molecule has 0 radical (unpaired) electrons. The highest BCUT2D eigenvalue weighted by atomic mass is 35.5. The molecule has 176 valence electrons. The van der Waals surface area contributed by atoms with Crippen molar-refractivity contribution in [2.75, 3.05) is 24.1 Å². The summed E-state index contributed by atoms with van der Waals surface area (Å²) in [4.78, 5) is 26.9. The fourth-order valence-corrected chi connectivity index (χ4v) is 4.64. The second-order valence-electron chi connectivity index (χ2n) is 8.07. The molecule has 1 aromatic heterocycles. The number of nitrogen functional groups attached to an aromatic ring is 1. The van der Waals surface area contributed by atoms with Crippen LogP contribution in [0.15, 0.2) is 36.5 Å². The first-order valence-electron chi connectivity index (χ1n) is 10.3. The van der Waals surface area contributed by atoms with Gasteiger partial charge in [0.25, 0.3) is 5.91 Å². The van der Waals surface area contributed by atoms with Crippen LogP contribution in [0.25, 0.3) is 5.69 Å². The van der Waals surface area contributed by atoms with Gasteiger partial charge in [-0.1, -0.05) is 11.6 Å². The minimum absolute atomic E-state index is 0.0580. The highest BCUT2D eigenvalue weighted by Crippen LogP contribution is 2.45. The maximum Gasteiger partial charge on any atom is 0.412 e. The molecule has 2 aliphatic rings. The van der Waals surface area contributed by atoms with Crippen LogP contribution in [-0.4, -0.2) is 39.8 Å². The van der Waals surface area contributed by atoms with Crippen LogP contribution in [0.2, 0.25) is 5.02 Å². The summed E-state index contributed by atoms with van der Waals surface area (Å²) in [6.07, 6.45) is 1.01. The molecule has 2 aromatic carbocycles. The summed E-state index contributed by atoms with van der Waals surface area (Å²) in [5.41, 5.74) is 4.55. The minimum atomic E-state index is -1.46. The largest absolute Gasteiger partial charge is 0.436 e. The van der Waals surface area contributed by atoms with Gasteiger partial charge in [0.1, 0.15) is 28.7 Å². The molecule has 12 heteroatoms. The van der Waals surface area contributed by atoms with Crippen LogP contribution < -0.4 is 11.1 Å². The summed E-state index contributed by atoms with van der Waals surface area (Å²) in [5.74, 6) is -3.02. The van der Waals surface area contributed by atoms with Crippen molar-refractivity contribution in [1.29, 1.82) is 0 Å². The summed E-state index contributed by atoms with van der Waals surface area (Å²) in [6, 6.07) is 5.56. The number of nitrogens with two attached hydrogens (primary N) is 1. The van der Waals surface area contributed by atoms with Gasteiger partial charge < -0.3 is 15.4 Å². The Bertz CT molecular complexity index is 1350. The van der Waals surface area contributed by atoms with E-state index in [1.807, 2.05) is 0 Å². The molecule has 2 aliphatic heterocycles. The average Bonchev–Trinajstić information content (AvgIpc) is 3.18. The van der Waals surface area contributed by atoms with Crippen molar-refractivity contribution in [1.82, 2.24) is 14.7 Å². The zero-order valence-corrected chi connectivity index (χ0v) is 18.2. The number of carbonyl (C=O) groups excluding carboxylic acids is 2.